The molecule has 1 atom stereocenters. The largest absolute Gasteiger partial charge is 0.494 e. The predicted octanol–water partition coefficient (Wildman–Crippen LogP) is 2.11. The van der Waals surface area contributed by atoms with Gasteiger partial charge in [-0.25, -0.2) is 23.5 Å². The highest BCUT2D eigenvalue weighted by Gasteiger charge is 2.44. The quantitative estimate of drug-likeness (QED) is 0.0742. The Kier molecular flexibility index (Phi) is 10.5. The topological polar surface area (TPSA) is 170 Å². The molecule has 0 fully saturated rings. The van der Waals surface area contributed by atoms with Crippen molar-refractivity contribution in [2.24, 2.45) is 5.73 Å². The highest BCUT2D eigenvalue weighted by molar-refractivity contribution is 7.91. The number of sulfonamides is 1. The van der Waals surface area contributed by atoms with Crippen molar-refractivity contribution in [3.63, 3.8) is 0 Å². The first-order chi connectivity index (χ1) is 16.8. The number of esters is 2. The number of halogens is 4. The number of ether oxygens (including phenoxy) is 2. The van der Waals surface area contributed by atoms with Crippen LogP contribution in [-0.2, 0) is 35.6 Å². The minimum atomic E-state index is -5.45. The molecule has 0 bridgehead atoms. The van der Waals surface area contributed by atoms with Crippen LogP contribution in [0.15, 0.2) is 40.6 Å². The van der Waals surface area contributed by atoms with Crippen molar-refractivity contribution in [3.05, 3.63) is 46.3 Å². The lowest BCUT2D eigenvalue weighted by Crippen LogP contribution is -2.45. The molecule has 0 saturated carbocycles. The summed E-state index contributed by atoms with van der Waals surface area (Å²) in [4.78, 5) is 28.3. The summed E-state index contributed by atoms with van der Waals surface area (Å²) in [6.45, 7) is 0.435. The maximum Gasteiger partial charge on any atom is 0.491 e. The van der Waals surface area contributed by atoms with Gasteiger partial charge < -0.3 is 15.2 Å². The van der Waals surface area contributed by atoms with Gasteiger partial charge >= 0.3 is 18.1 Å². The molecule has 0 aliphatic heterocycles. The molecule has 2 aromatic rings. The van der Waals surface area contributed by atoms with Gasteiger partial charge in [-0.1, -0.05) is 23.7 Å². The van der Waals surface area contributed by atoms with Crippen LogP contribution in [0.25, 0.3) is 0 Å². The molecule has 2 rings (SSSR count). The van der Waals surface area contributed by atoms with E-state index in [0.29, 0.717) is 29.1 Å². The Bertz CT molecular complexity index is 1170. The summed E-state index contributed by atoms with van der Waals surface area (Å²) in [6, 6.07) is 6.44. The van der Waals surface area contributed by atoms with Crippen LogP contribution in [0.2, 0.25) is 4.34 Å². The molecule has 36 heavy (non-hydrogen) atoms. The van der Waals surface area contributed by atoms with E-state index in [1.165, 1.54) is 30.3 Å². The Morgan fingerprint density at radius 2 is 1.81 bits per heavy atom. The summed E-state index contributed by atoms with van der Waals surface area (Å²) in [5.41, 5.74) is 7.53. The van der Waals surface area contributed by atoms with Crippen molar-refractivity contribution in [1.29, 1.82) is 5.41 Å². The van der Waals surface area contributed by atoms with Crippen molar-refractivity contribution < 1.29 is 45.5 Å². The number of hydrogen-bond acceptors (Lipinski definition) is 9. The number of nitrogens with two attached hydrogens (primary N) is 1. The smallest absolute Gasteiger partial charge is 0.491 e. The molecule has 1 aromatic heterocycles. The maximum atomic E-state index is 12.6. The van der Waals surface area contributed by atoms with Crippen molar-refractivity contribution in [1.82, 2.24) is 10.2 Å². The number of hydroxylamine groups is 1. The second-order valence-electron chi connectivity index (χ2n) is 6.85. The SMILES string of the molecule is N=C(N)NOCCCOc1ccc(C[C@H](NS(=O)(=O)c2ccc(Cl)s2)C(=O)OC(=O)C(F)(F)F)cc1. The summed E-state index contributed by atoms with van der Waals surface area (Å²) >= 11 is 6.39. The molecular formula is C19H20ClF3N4O7S2. The third-order valence-electron chi connectivity index (χ3n) is 4.02. The van der Waals surface area contributed by atoms with Gasteiger partial charge in [0.1, 0.15) is 16.0 Å². The number of carbonyl (C=O) groups is 2. The number of guanidine groups is 1. The summed E-state index contributed by atoms with van der Waals surface area (Å²) < 4.78 is 73.9. The van der Waals surface area contributed by atoms with Gasteiger partial charge in [0.05, 0.1) is 17.6 Å². The van der Waals surface area contributed by atoms with E-state index in [1.807, 2.05) is 4.72 Å². The van der Waals surface area contributed by atoms with Gasteiger partial charge in [0.2, 0.25) is 5.96 Å². The van der Waals surface area contributed by atoms with Crippen molar-refractivity contribution in [3.8, 4) is 5.75 Å². The zero-order chi connectivity index (χ0) is 26.9. The number of benzene rings is 1. The summed E-state index contributed by atoms with van der Waals surface area (Å²) in [5.74, 6) is -4.46. The second kappa shape index (κ2) is 12.9. The fourth-order valence-electron chi connectivity index (χ4n) is 2.49. The molecule has 0 aliphatic carbocycles. The monoisotopic (exact) mass is 572 g/mol. The highest BCUT2D eigenvalue weighted by atomic mass is 35.5. The fourth-order valence-corrected chi connectivity index (χ4v) is 5.17. The van der Waals surface area contributed by atoms with Crippen LogP contribution in [0.1, 0.15) is 12.0 Å². The van der Waals surface area contributed by atoms with Crippen molar-refractivity contribution in [2.75, 3.05) is 13.2 Å². The normalized spacial score (nSPS) is 12.6. The molecule has 0 aliphatic rings. The third kappa shape index (κ3) is 9.62. The van der Waals surface area contributed by atoms with Crippen LogP contribution < -0.4 is 20.7 Å². The molecule has 5 N–H and O–H groups in total. The summed E-state index contributed by atoms with van der Waals surface area (Å²) in [5, 5.41) is 6.93. The fraction of sp³-hybridized carbons (Fsp3) is 0.316. The average Bonchev–Trinajstić information content (AvgIpc) is 3.23. The lowest BCUT2D eigenvalue weighted by Gasteiger charge is -2.17. The van der Waals surface area contributed by atoms with Crippen molar-refractivity contribution in [2.45, 2.75) is 29.3 Å². The van der Waals surface area contributed by atoms with Gasteiger partial charge in [0.15, 0.2) is 0 Å². The second-order valence-corrected chi connectivity index (χ2v) is 10.5. The van der Waals surface area contributed by atoms with Crippen LogP contribution >= 0.6 is 22.9 Å². The number of alkyl halides is 3. The molecule has 0 radical (unpaired) electrons. The number of thiophene rings is 1. The highest BCUT2D eigenvalue weighted by Crippen LogP contribution is 2.26. The van der Waals surface area contributed by atoms with E-state index in [4.69, 9.17) is 32.3 Å². The van der Waals surface area contributed by atoms with Crippen LogP contribution in [-0.4, -0.2) is 51.7 Å². The minimum Gasteiger partial charge on any atom is -0.494 e. The number of hydrogen-bond donors (Lipinski definition) is 4. The Morgan fingerprint density at radius 3 is 2.36 bits per heavy atom. The predicted molar refractivity (Wildman–Crippen MR) is 122 cm³/mol. The van der Waals surface area contributed by atoms with Crippen LogP contribution in [0, 0.1) is 5.41 Å². The standard InChI is InChI=1S/C19H20ClF3N4O7S2/c20-14-6-7-15(35-14)36(30,31)27-13(16(28)34-17(29)19(21,22)23)10-11-2-4-12(5-3-11)32-8-1-9-33-26-18(24)25/h2-7,13,27H,1,8-10H2,(H4,24,25,26)/t13-/m0/s1. The number of nitrogens with one attached hydrogen (secondary N) is 3. The molecule has 11 nitrogen and oxygen atoms in total. The summed E-state index contributed by atoms with van der Waals surface area (Å²) in [6.07, 6.45) is -5.45. The zero-order valence-corrected chi connectivity index (χ0v) is 20.5. The Balaban J connectivity index is 2.07. The molecule has 0 spiro atoms. The molecule has 1 heterocycles. The Labute approximate surface area is 212 Å². The Hall–Kier alpha value is -2.92. The van der Waals surface area contributed by atoms with E-state index in [-0.39, 0.29) is 27.7 Å². The van der Waals surface area contributed by atoms with Crippen LogP contribution in [0.5, 0.6) is 5.75 Å². The van der Waals surface area contributed by atoms with E-state index in [9.17, 15) is 31.2 Å². The van der Waals surface area contributed by atoms with E-state index in [2.05, 4.69) is 10.2 Å². The van der Waals surface area contributed by atoms with Gasteiger partial charge in [-0.3, -0.25) is 10.2 Å². The molecule has 0 amide bonds. The number of rotatable bonds is 12. The average molecular weight is 573 g/mol. The third-order valence-corrected chi connectivity index (χ3v) is 7.22. The molecule has 17 heteroatoms. The molecule has 0 unspecified atom stereocenters. The molecule has 198 valence electrons. The maximum absolute atomic E-state index is 12.6. The number of carbonyl (C=O) groups excluding carboxylic acids is 2. The van der Waals surface area contributed by atoms with Gasteiger partial charge in [0, 0.05) is 6.42 Å². The lowest BCUT2D eigenvalue weighted by molar-refractivity contribution is -0.202. The van der Waals surface area contributed by atoms with Gasteiger partial charge in [-0.15, -0.1) is 11.3 Å². The van der Waals surface area contributed by atoms with Crippen LogP contribution in [0.4, 0.5) is 13.2 Å². The van der Waals surface area contributed by atoms with E-state index < -0.39 is 40.6 Å². The Morgan fingerprint density at radius 1 is 1.14 bits per heavy atom. The first-order valence-corrected chi connectivity index (χ1v) is 12.5. The van der Waals surface area contributed by atoms with Crippen molar-refractivity contribution >= 4 is 50.9 Å². The van der Waals surface area contributed by atoms with Gasteiger partial charge in [0.25, 0.3) is 10.0 Å². The van der Waals surface area contributed by atoms with E-state index >= 15 is 0 Å². The van der Waals surface area contributed by atoms with E-state index in [1.54, 1.807) is 0 Å². The first kappa shape index (κ1) is 29.3. The minimum absolute atomic E-state index is 0.124. The van der Waals surface area contributed by atoms with Gasteiger partial charge in [-0.05, 0) is 36.2 Å². The van der Waals surface area contributed by atoms with Crippen LogP contribution in [0.3, 0.4) is 0 Å². The van der Waals surface area contributed by atoms with Gasteiger partial charge in [-0.2, -0.15) is 17.9 Å². The molecule has 0 saturated heterocycles. The first-order valence-electron chi connectivity index (χ1n) is 9.82. The molecular weight excluding hydrogens is 553 g/mol. The van der Waals surface area contributed by atoms with E-state index in [0.717, 1.165) is 6.07 Å². The molecule has 1 aromatic carbocycles. The summed E-state index contributed by atoms with van der Waals surface area (Å²) in [7, 11) is -4.38. The lowest BCUT2D eigenvalue weighted by atomic mass is 10.1. The zero-order valence-electron chi connectivity index (χ0n) is 18.1.